The van der Waals surface area contributed by atoms with Gasteiger partial charge in [0.2, 0.25) is 10.0 Å². The van der Waals surface area contributed by atoms with Gasteiger partial charge in [0.25, 0.3) is 0 Å². The van der Waals surface area contributed by atoms with E-state index in [1.165, 1.54) is 19.3 Å². The molecule has 3 N–H and O–H groups in total. The summed E-state index contributed by atoms with van der Waals surface area (Å²) in [6.07, 6.45) is 4.67. The average molecular weight is 306 g/mol. The van der Waals surface area contributed by atoms with E-state index in [1.54, 1.807) is 18.2 Å². The zero-order chi connectivity index (χ0) is 15.3. The van der Waals surface area contributed by atoms with Crippen LogP contribution in [-0.2, 0) is 10.0 Å². The molecule has 0 amide bonds. The Kier molecular flexibility index (Phi) is 5.40. The van der Waals surface area contributed by atoms with E-state index in [2.05, 4.69) is 16.6 Å². The highest BCUT2D eigenvalue weighted by Gasteiger charge is 2.19. The smallest absolute Gasteiger partial charge is 0.240 e. The quantitative estimate of drug-likeness (QED) is 0.814. The van der Waals surface area contributed by atoms with Gasteiger partial charge in [-0.15, -0.1) is 0 Å². The van der Waals surface area contributed by atoms with Gasteiger partial charge in [-0.1, -0.05) is 31.1 Å². The number of rotatable bonds is 5. The first-order chi connectivity index (χ1) is 10.0. The van der Waals surface area contributed by atoms with Crippen molar-refractivity contribution in [2.45, 2.75) is 37.5 Å². The van der Waals surface area contributed by atoms with Crippen LogP contribution in [0.4, 0.5) is 0 Å². The Morgan fingerprint density at radius 1 is 1.38 bits per heavy atom. The van der Waals surface area contributed by atoms with Crippen molar-refractivity contribution in [3.05, 3.63) is 29.3 Å². The number of nitrogens with two attached hydrogens (primary N) is 1. The molecule has 0 heterocycles. The molecule has 2 rings (SSSR count). The second-order valence-electron chi connectivity index (χ2n) is 5.47. The lowest BCUT2D eigenvalue weighted by Crippen LogP contribution is -2.27. The van der Waals surface area contributed by atoms with Crippen LogP contribution in [0.5, 0.6) is 0 Å². The van der Waals surface area contributed by atoms with Crippen LogP contribution in [0.3, 0.4) is 0 Å². The monoisotopic (exact) mass is 306 g/mol. The maximum atomic E-state index is 12.2. The number of sulfonamides is 1. The number of aryl methyl sites for hydroxylation is 1. The largest absolute Gasteiger partial charge is 0.320 e. The standard InChI is InChI=1S/C16H22N2O2S/c1-13-12-16(8-7-15(13)6-3-10-17)21(19,20)18-11-9-14-4-2-5-14/h7-8,12,14,18H,2,4-5,9-11,17H2,1H3. The van der Waals surface area contributed by atoms with Crippen LogP contribution in [-0.4, -0.2) is 21.5 Å². The van der Waals surface area contributed by atoms with Gasteiger partial charge in [-0.05, 0) is 43.0 Å². The molecule has 1 fully saturated rings. The van der Waals surface area contributed by atoms with Crippen LogP contribution < -0.4 is 10.5 Å². The number of hydrogen-bond donors (Lipinski definition) is 2. The molecule has 0 saturated heterocycles. The molecule has 0 unspecified atom stereocenters. The van der Waals surface area contributed by atoms with E-state index in [0.29, 0.717) is 23.9 Å². The zero-order valence-corrected chi connectivity index (χ0v) is 13.2. The summed E-state index contributed by atoms with van der Waals surface area (Å²) in [6, 6.07) is 4.99. The lowest BCUT2D eigenvalue weighted by atomic mass is 9.83. The summed E-state index contributed by atoms with van der Waals surface area (Å²) in [4.78, 5) is 0.298. The average Bonchev–Trinajstić information content (AvgIpc) is 2.40. The van der Waals surface area contributed by atoms with E-state index >= 15 is 0 Å². The predicted molar refractivity (Wildman–Crippen MR) is 84.3 cm³/mol. The third-order valence-electron chi connectivity index (χ3n) is 3.90. The molecule has 0 bridgehead atoms. The van der Waals surface area contributed by atoms with Crippen LogP contribution in [0.2, 0.25) is 0 Å². The molecule has 0 atom stereocenters. The first kappa shape index (κ1) is 16.0. The SMILES string of the molecule is Cc1cc(S(=O)(=O)NCCC2CCC2)ccc1C#CCN. The molecule has 1 aromatic carbocycles. The van der Waals surface area contributed by atoms with Gasteiger partial charge in [0.05, 0.1) is 11.4 Å². The van der Waals surface area contributed by atoms with Gasteiger partial charge < -0.3 is 5.73 Å². The molecule has 114 valence electrons. The van der Waals surface area contributed by atoms with Crippen LogP contribution >= 0.6 is 0 Å². The molecule has 0 spiro atoms. The summed E-state index contributed by atoms with van der Waals surface area (Å²) in [5.41, 5.74) is 7.00. The molecule has 0 aliphatic heterocycles. The van der Waals surface area contributed by atoms with E-state index in [1.807, 2.05) is 6.92 Å². The topological polar surface area (TPSA) is 72.2 Å². The Labute approximate surface area is 127 Å². The molecule has 1 aliphatic carbocycles. The van der Waals surface area contributed by atoms with Crippen molar-refractivity contribution in [1.82, 2.24) is 4.72 Å². The summed E-state index contributed by atoms with van der Waals surface area (Å²) < 4.78 is 27.1. The molecular weight excluding hydrogens is 284 g/mol. The first-order valence-electron chi connectivity index (χ1n) is 7.32. The summed E-state index contributed by atoms with van der Waals surface area (Å²) >= 11 is 0. The Balaban J connectivity index is 2.03. The van der Waals surface area contributed by atoms with E-state index < -0.39 is 10.0 Å². The highest BCUT2D eigenvalue weighted by Crippen LogP contribution is 2.28. The summed E-state index contributed by atoms with van der Waals surface area (Å²) in [7, 11) is -3.42. The van der Waals surface area contributed by atoms with E-state index in [-0.39, 0.29) is 0 Å². The Morgan fingerprint density at radius 3 is 2.71 bits per heavy atom. The molecule has 4 nitrogen and oxygen atoms in total. The van der Waals surface area contributed by atoms with Gasteiger partial charge in [0.15, 0.2) is 0 Å². The molecule has 21 heavy (non-hydrogen) atoms. The highest BCUT2D eigenvalue weighted by atomic mass is 32.2. The molecule has 1 aliphatic rings. The summed E-state index contributed by atoms with van der Waals surface area (Å²) in [6.45, 7) is 2.66. The number of nitrogens with one attached hydrogen (secondary N) is 1. The molecule has 1 aromatic rings. The van der Waals surface area contributed by atoms with Gasteiger partial charge >= 0.3 is 0 Å². The van der Waals surface area contributed by atoms with Crippen molar-refractivity contribution >= 4 is 10.0 Å². The van der Waals surface area contributed by atoms with E-state index in [0.717, 1.165) is 17.5 Å². The predicted octanol–water partition coefficient (Wildman–Crippen LogP) is 1.77. The second kappa shape index (κ2) is 7.08. The summed E-state index contributed by atoms with van der Waals surface area (Å²) in [5, 5.41) is 0. The van der Waals surface area contributed by atoms with E-state index in [4.69, 9.17) is 5.73 Å². The normalized spacial score (nSPS) is 15.1. The van der Waals surface area contributed by atoms with Crippen LogP contribution in [0.25, 0.3) is 0 Å². The zero-order valence-electron chi connectivity index (χ0n) is 12.4. The minimum absolute atomic E-state index is 0.294. The minimum atomic E-state index is -3.42. The Morgan fingerprint density at radius 2 is 2.14 bits per heavy atom. The number of hydrogen-bond acceptors (Lipinski definition) is 3. The van der Waals surface area contributed by atoms with Crippen molar-refractivity contribution in [2.24, 2.45) is 11.7 Å². The fraction of sp³-hybridized carbons (Fsp3) is 0.500. The lowest BCUT2D eigenvalue weighted by molar-refractivity contribution is 0.297. The lowest BCUT2D eigenvalue weighted by Gasteiger charge is -2.25. The van der Waals surface area contributed by atoms with Crippen molar-refractivity contribution in [3.8, 4) is 11.8 Å². The molecule has 1 saturated carbocycles. The second-order valence-corrected chi connectivity index (χ2v) is 7.23. The Hall–Kier alpha value is -1.35. The van der Waals surface area contributed by atoms with Crippen molar-refractivity contribution < 1.29 is 8.42 Å². The fourth-order valence-corrected chi connectivity index (χ4v) is 3.48. The van der Waals surface area contributed by atoms with Crippen LogP contribution in [0, 0.1) is 24.7 Å². The van der Waals surface area contributed by atoms with Gasteiger partial charge in [-0.25, -0.2) is 13.1 Å². The third-order valence-corrected chi connectivity index (χ3v) is 5.36. The van der Waals surface area contributed by atoms with Gasteiger partial charge in [0, 0.05) is 12.1 Å². The summed E-state index contributed by atoms with van der Waals surface area (Å²) in [5.74, 6) is 6.41. The minimum Gasteiger partial charge on any atom is -0.320 e. The first-order valence-corrected chi connectivity index (χ1v) is 8.80. The molecule has 5 heteroatoms. The molecule has 0 radical (unpaired) electrons. The fourth-order valence-electron chi connectivity index (χ4n) is 2.35. The maximum Gasteiger partial charge on any atom is 0.240 e. The maximum absolute atomic E-state index is 12.2. The molecule has 0 aromatic heterocycles. The molecular formula is C16H22N2O2S. The van der Waals surface area contributed by atoms with Crippen molar-refractivity contribution in [3.63, 3.8) is 0 Å². The van der Waals surface area contributed by atoms with Crippen molar-refractivity contribution in [1.29, 1.82) is 0 Å². The number of benzene rings is 1. The van der Waals surface area contributed by atoms with Crippen LogP contribution in [0.1, 0.15) is 36.8 Å². The third kappa shape index (κ3) is 4.31. The van der Waals surface area contributed by atoms with Gasteiger partial charge in [-0.3, -0.25) is 0 Å². The van der Waals surface area contributed by atoms with Crippen molar-refractivity contribution in [2.75, 3.05) is 13.1 Å². The van der Waals surface area contributed by atoms with Crippen LogP contribution in [0.15, 0.2) is 23.1 Å². The highest BCUT2D eigenvalue weighted by molar-refractivity contribution is 7.89. The van der Waals surface area contributed by atoms with Gasteiger partial charge in [-0.2, -0.15) is 0 Å². The Bertz CT molecular complexity index is 653. The van der Waals surface area contributed by atoms with Gasteiger partial charge in [0.1, 0.15) is 0 Å². The van der Waals surface area contributed by atoms with E-state index in [9.17, 15) is 8.42 Å².